The second-order valence-electron chi connectivity index (χ2n) is 7.50. The van der Waals surface area contributed by atoms with Crippen molar-refractivity contribution in [2.24, 2.45) is 0 Å². The summed E-state index contributed by atoms with van der Waals surface area (Å²) in [6.45, 7) is 5.18. The number of aryl methyl sites for hydroxylation is 1. The summed E-state index contributed by atoms with van der Waals surface area (Å²) in [5.41, 5.74) is 1.10. The van der Waals surface area contributed by atoms with E-state index in [9.17, 15) is 13.2 Å². The van der Waals surface area contributed by atoms with E-state index in [1.165, 1.54) is 4.31 Å². The van der Waals surface area contributed by atoms with E-state index >= 15 is 0 Å². The number of sulfonamides is 1. The lowest BCUT2D eigenvalue weighted by Crippen LogP contribution is -2.50. The van der Waals surface area contributed by atoms with Gasteiger partial charge in [0.05, 0.1) is 24.2 Å². The molecule has 2 heterocycles. The highest BCUT2D eigenvalue weighted by molar-refractivity contribution is 7.89. The molecule has 0 N–H and O–H groups in total. The number of hydrogen-bond acceptors (Lipinski definition) is 6. The lowest BCUT2D eigenvalue weighted by Gasteiger charge is -2.34. The van der Waals surface area contributed by atoms with Crippen LogP contribution in [0.5, 0.6) is 11.5 Å². The highest BCUT2D eigenvalue weighted by Gasteiger charge is 2.32. The van der Waals surface area contributed by atoms with Crippen LogP contribution in [-0.4, -0.2) is 63.4 Å². The van der Waals surface area contributed by atoms with Crippen molar-refractivity contribution in [1.82, 2.24) is 9.21 Å². The number of ether oxygens (including phenoxy) is 2. The molecule has 9 heteroatoms. The van der Waals surface area contributed by atoms with Gasteiger partial charge in [-0.3, -0.25) is 4.79 Å². The molecule has 0 spiro atoms. The first kappa shape index (κ1) is 22.2. The molecule has 0 aliphatic carbocycles. The third-order valence-electron chi connectivity index (χ3n) is 5.58. The van der Waals surface area contributed by atoms with E-state index in [-0.39, 0.29) is 23.9 Å². The van der Waals surface area contributed by atoms with Crippen LogP contribution in [0.3, 0.4) is 0 Å². The number of fused-ring (bicyclic) bond motifs is 1. The van der Waals surface area contributed by atoms with Crippen molar-refractivity contribution in [2.45, 2.75) is 18.7 Å². The molecule has 3 aromatic rings. The molecule has 4 rings (SSSR count). The van der Waals surface area contributed by atoms with E-state index in [2.05, 4.69) is 0 Å². The second kappa shape index (κ2) is 8.84. The molecule has 1 fully saturated rings. The molecule has 32 heavy (non-hydrogen) atoms. The van der Waals surface area contributed by atoms with Gasteiger partial charge >= 0.3 is 0 Å². The molecule has 1 aromatic heterocycles. The Labute approximate surface area is 187 Å². The number of rotatable bonds is 6. The lowest BCUT2D eigenvalue weighted by atomic mass is 10.1. The minimum absolute atomic E-state index is 0.174. The summed E-state index contributed by atoms with van der Waals surface area (Å²) in [6, 6.07) is 11.7. The van der Waals surface area contributed by atoms with Gasteiger partial charge in [0.25, 0.3) is 5.91 Å². The molecular weight excluding hydrogens is 432 g/mol. The van der Waals surface area contributed by atoms with Gasteiger partial charge in [-0.05, 0) is 56.3 Å². The Balaban J connectivity index is 1.49. The summed E-state index contributed by atoms with van der Waals surface area (Å²) >= 11 is 0. The molecule has 1 saturated heterocycles. The van der Waals surface area contributed by atoms with Crippen molar-refractivity contribution in [3.8, 4) is 11.5 Å². The van der Waals surface area contributed by atoms with Gasteiger partial charge in [0.2, 0.25) is 10.0 Å². The summed E-state index contributed by atoms with van der Waals surface area (Å²) in [5.74, 6) is 1.62. The van der Waals surface area contributed by atoms with Crippen molar-refractivity contribution in [3.63, 3.8) is 0 Å². The number of carbonyl (C=O) groups excluding carboxylic acids is 1. The summed E-state index contributed by atoms with van der Waals surface area (Å²) in [6.07, 6.45) is 0. The van der Waals surface area contributed by atoms with Gasteiger partial charge in [-0.2, -0.15) is 4.31 Å². The molecule has 2 aromatic carbocycles. The van der Waals surface area contributed by atoms with Crippen molar-refractivity contribution >= 4 is 26.9 Å². The van der Waals surface area contributed by atoms with Crippen LogP contribution in [0.15, 0.2) is 51.8 Å². The lowest BCUT2D eigenvalue weighted by molar-refractivity contribution is 0.0698. The van der Waals surface area contributed by atoms with Gasteiger partial charge in [0, 0.05) is 31.6 Å². The number of piperazine rings is 1. The normalized spacial score (nSPS) is 15.2. The second-order valence-corrected chi connectivity index (χ2v) is 9.43. The first-order valence-corrected chi connectivity index (χ1v) is 11.9. The van der Waals surface area contributed by atoms with Gasteiger partial charge < -0.3 is 18.8 Å². The van der Waals surface area contributed by atoms with Crippen LogP contribution in [0.25, 0.3) is 11.0 Å². The predicted octanol–water partition coefficient (Wildman–Crippen LogP) is 3.30. The maximum atomic E-state index is 13.3. The number of nitrogens with zero attached hydrogens (tertiary/aromatic N) is 2. The maximum Gasteiger partial charge on any atom is 0.258 e. The SMILES string of the molecule is CCOc1ccc(S(=O)(=O)N2CCN(C(=O)c3c(C)oc4ccc(OC)cc34)CC2)cc1. The third-order valence-corrected chi connectivity index (χ3v) is 7.50. The van der Waals surface area contributed by atoms with Gasteiger partial charge in [-0.15, -0.1) is 0 Å². The molecule has 0 radical (unpaired) electrons. The molecule has 0 unspecified atom stereocenters. The van der Waals surface area contributed by atoms with Crippen LogP contribution >= 0.6 is 0 Å². The van der Waals surface area contributed by atoms with E-state index < -0.39 is 10.0 Å². The van der Waals surface area contributed by atoms with Gasteiger partial charge in [-0.25, -0.2) is 8.42 Å². The Kier molecular flexibility index (Phi) is 6.12. The first-order chi connectivity index (χ1) is 15.3. The van der Waals surface area contributed by atoms with Gasteiger partial charge in [-0.1, -0.05) is 0 Å². The predicted molar refractivity (Wildman–Crippen MR) is 120 cm³/mol. The molecular formula is C23H26N2O6S. The minimum atomic E-state index is -3.64. The number of hydrogen-bond donors (Lipinski definition) is 0. The topological polar surface area (TPSA) is 89.3 Å². The largest absolute Gasteiger partial charge is 0.497 e. The standard InChI is InChI=1S/C23H26N2O6S/c1-4-30-17-5-8-19(9-6-17)32(27,28)25-13-11-24(12-14-25)23(26)22-16(2)31-21-10-7-18(29-3)15-20(21)22/h5-10,15H,4,11-14H2,1-3H3. The number of amides is 1. The summed E-state index contributed by atoms with van der Waals surface area (Å²) < 4.78 is 43.9. The maximum absolute atomic E-state index is 13.3. The fraction of sp³-hybridized carbons (Fsp3) is 0.348. The Morgan fingerprint density at radius 1 is 1.03 bits per heavy atom. The number of methoxy groups -OCH3 is 1. The van der Waals surface area contributed by atoms with E-state index in [4.69, 9.17) is 13.9 Å². The van der Waals surface area contributed by atoms with Crippen molar-refractivity contribution in [2.75, 3.05) is 39.9 Å². The minimum Gasteiger partial charge on any atom is -0.497 e. The molecule has 8 nitrogen and oxygen atoms in total. The first-order valence-electron chi connectivity index (χ1n) is 10.4. The number of benzene rings is 2. The molecule has 0 bridgehead atoms. The third kappa shape index (κ3) is 4.05. The van der Waals surface area contributed by atoms with Gasteiger partial charge in [0.1, 0.15) is 22.8 Å². The Morgan fingerprint density at radius 3 is 2.31 bits per heavy atom. The fourth-order valence-corrected chi connectivity index (χ4v) is 5.33. The highest BCUT2D eigenvalue weighted by atomic mass is 32.2. The van der Waals surface area contributed by atoms with Gasteiger partial charge in [0.15, 0.2) is 0 Å². The average molecular weight is 459 g/mol. The van der Waals surface area contributed by atoms with Crippen LogP contribution in [-0.2, 0) is 10.0 Å². The molecule has 1 amide bonds. The summed E-state index contributed by atoms with van der Waals surface area (Å²) in [5, 5.41) is 0.691. The number of furan rings is 1. The summed E-state index contributed by atoms with van der Waals surface area (Å²) in [4.78, 5) is 15.1. The zero-order valence-corrected chi connectivity index (χ0v) is 19.1. The summed E-state index contributed by atoms with van der Waals surface area (Å²) in [7, 11) is -2.07. The number of carbonyl (C=O) groups is 1. The molecule has 1 aliphatic rings. The van der Waals surface area contributed by atoms with Crippen LogP contribution in [0.2, 0.25) is 0 Å². The molecule has 1 aliphatic heterocycles. The van der Waals surface area contributed by atoms with Crippen molar-refractivity contribution in [1.29, 1.82) is 0 Å². The molecule has 0 saturated carbocycles. The highest BCUT2D eigenvalue weighted by Crippen LogP contribution is 2.30. The van der Waals surface area contributed by atoms with E-state index in [1.807, 2.05) is 6.92 Å². The fourth-order valence-electron chi connectivity index (χ4n) is 3.91. The Hall–Kier alpha value is -3.04. The van der Waals surface area contributed by atoms with Crippen LogP contribution < -0.4 is 9.47 Å². The monoisotopic (exact) mass is 458 g/mol. The van der Waals surface area contributed by atoms with Crippen molar-refractivity contribution < 1.29 is 27.1 Å². The molecule has 0 atom stereocenters. The zero-order chi connectivity index (χ0) is 22.9. The van der Waals surface area contributed by atoms with Crippen LogP contribution in [0, 0.1) is 6.92 Å². The smallest absolute Gasteiger partial charge is 0.258 e. The van der Waals surface area contributed by atoms with Crippen molar-refractivity contribution in [3.05, 3.63) is 53.8 Å². The Morgan fingerprint density at radius 2 is 1.69 bits per heavy atom. The average Bonchev–Trinajstić information content (AvgIpc) is 3.14. The molecule has 170 valence electrons. The van der Waals surface area contributed by atoms with E-state index in [0.29, 0.717) is 53.5 Å². The van der Waals surface area contributed by atoms with E-state index in [0.717, 1.165) is 0 Å². The zero-order valence-electron chi connectivity index (χ0n) is 18.3. The Bertz CT molecular complexity index is 1230. The van der Waals surface area contributed by atoms with Crippen LogP contribution in [0.1, 0.15) is 23.0 Å². The van der Waals surface area contributed by atoms with E-state index in [1.54, 1.807) is 61.4 Å². The van der Waals surface area contributed by atoms with Crippen LogP contribution in [0.4, 0.5) is 0 Å². The quantitative estimate of drug-likeness (QED) is 0.563.